The highest BCUT2D eigenvalue weighted by molar-refractivity contribution is 5.99. The average Bonchev–Trinajstić information content (AvgIpc) is 3.18. The Bertz CT molecular complexity index is 1730. The first-order valence-corrected chi connectivity index (χ1v) is 18.7. The zero-order valence-corrected chi connectivity index (χ0v) is 33.7. The summed E-state index contributed by atoms with van der Waals surface area (Å²) < 4.78 is 0. The molecule has 1 rings (SSSR count). The van der Waals surface area contributed by atoms with E-state index >= 15 is 0 Å². The molecule has 1 aromatic carbocycles. The molecule has 1 aromatic rings. The van der Waals surface area contributed by atoms with E-state index in [0.717, 1.165) is 0 Å². The zero-order valence-electron chi connectivity index (χ0n) is 33.7. The van der Waals surface area contributed by atoms with Gasteiger partial charge in [-0.05, 0) is 50.3 Å². The number of hydrogen-bond acceptors (Lipinski definition) is 13. The van der Waals surface area contributed by atoms with Gasteiger partial charge in [0, 0.05) is 13.0 Å². The van der Waals surface area contributed by atoms with Crippen LogP contribution < -0.4 is 65.5 Å². The molecule has 11 amide bonds. The number of primary amides is 3. The van der Waals surface area contributed by atoms with Gasteiger partial charge in [-0.3, -0.25) is 52.7 Å². The van der Waals surface area contributed by atoms with Gasteiger partial charge in [0.1, 0.15) is 42.0 Å². The molecule has 332 valence electrons. The molecular formula is C36H56N12O12. The SMILES string of the molecule is CC[C@H](C)[C@H](NC(=O)[C@@H](N)Cc1ccc(O)cc1)C(=O)N[C@@H](CCC(N)=O)C(=O)N[C@@H](CC(N)=O)C(=O)N[C@@H](CNC=O)C(=O)N[C@@H](C)C(=O)N[C@@H](C)C(=O)NCC(N)=O. The highest BCUT2D eigenvalue weighted by Gasteiger charge is 2.34. The predicted octanol–water partition coefficient (Wildman–Crippen LogP) is -6.25. The molecule has 0 radical (unpaired) electrons. The molecule has 0 aliphatic heterocycles. The van der Waals surface area contributed by atoms with Gasteiger partial charge >= 0.3 is 0 Å². The molecule has 0 bridgehead atoms. The van der Waals surface area contributed by atoms with Crippen molar-refractivity contribution in [2.75, 3.05) is 13.1 Å². The van der Waals surface area contributed by atoms with Crippen LogP contribution in [0.15, 0.2) is 24.3 Å². The summed E-state index contributed by atoms with van der Waals surface area (Å²) in [6.07, 6.45) is -1.07. The van der Waals surface area contributed by atoms with Crippen LogP contribution in [0, 0.1) is 5.92 Å². The van der Waals surface area contributed by atoms with E-state index in [2.05, 4.69) is 42.5 Å². The largest absolute Gasteiger partial charge is 0.508 e. The van der Waals surface area contributed by atoms with Crippen molar-refractivity contribution in [2.24, 2.45) is 28.9 Å². The molecule has 0 aromatic heterocycles. The van der Waals surface area contributed by atoms with Gasteiger partial charge in [0.15, 0.2) is 0 Å². The molecule has 0 aliphatic carbocycles. The quantitative estimate of drug-likeness (QED) is 0.0367. The first kappa shape index (κ1) is 51.2. The fourth-order valence-corrected chi connectivity index (χ4v) is 5.20. The second-order valence-corrected chi connectivity index (χ2v) is 13.9. The van der Waals surface area contributed by atoms with Gasteiger partial charge < -0.3 is 70.6 Å². The van der Waals surface area contributed by atoms with E-state index in [-0.39, 0.29) is 18.6 Å². The van der Waals surface area contributed by atoms with Crippen molar-refractivity contribution in [1.29, 1.82) is 0 Å². The summed E-state index contributed by atoms with van der Waals surface area (Å²) in [7, 11) is 0. The highest BCUT2D eigenvalue weighted by atomic mass is 16.3. The Morgan fingerprint density at radius 1 is 0.650 bits per heavy atom. The topological polar surface area (TPSA) is 408 Å². The number of amides is 11. The van der Waals surface area contributed by atoms with E-state index in [0.29, 0.717) is 12.0 Å². The maximum Gasteiger partial charge on any atom is 0.245 e. The molecule has 24 heteroatoms. The van der Waals surface area contributed by atoms with Crippen LogP contribution in [0.1, 0.15) is 58.9 Å². The Labute approximate surface area is 345 Å². The molecule has 24 nitrogen and oxygen atoms in total. The molecule has 0 saturated carbocycles. The van der Waals surface area contributed by atoms with Crippen molar-refractivity contribution >= 4 is 65.5 Å². The molecule has 17 N–H and O–H groups in total. The molecule has 8 atom stereocenters. The van der Waals surface area contributed by atoms with Gasteiger partial charge in [0.05, 0.1) is 19.0 Å². The first-order chi connectivity index (χ1) is 28.1. The van der Waals surface area contributed by atoms with Gasteiger partial charge in [0.25, 0.3) is 0 Å². The molecule has 60 heavy (non-hydrogen) atoms. The minimum atomic E-state index is -1.81. The third-order valence-corrected chi connectivity index (χ3v) is 8.85. The smallest absolute Gasteiger partial charge is 0.245 e. The van der Waals surface area contributed by atoms with E-state index in [1.807, 2.05) is 0 Å². The number of aromatic hydroxyl groups is 1. The van der Waals surface area contributed by atoms with Crippen LogP contribution in [0.25, 0.3) is 0 Å². The summed E-state index contributed by atoms with van der Waals surface area (Å²) in [6, 6.07) is -3.94. The van der Waals surface area contributed by atoms with Gasteiger partial charge in [-0.25, -0.2) is 0 Å². The summed E-state index contributed by atoms with van der Waals surface area (Å²) in [5, 5.41) is 28.1. The number of phenols is 1. The summed E-state index contributed by atoms with van der Waals surface area (Å²) >= 11 is 0. The molecule has 0 fully saturated rings. The lowest BCUT2D eigenvalue weighted by Crippen LogP contribution is -2.61. The van der Waals surface area contributed by atoms with Crippen molar-refractivity contribution in [3.63, 3.8) is 0 Å². The summed E-state index contributed by atoms with van der Waals surface area (Å²) in [6.45, 7) is 4.86. The van der Waals surface area contributed by atoms with Crippen molar-refractivity contribution in [3.05, 3.63) is 29.8 Å². The van der Waals surface area contributed by atoms with Gasteiger partial charge in [-0.1, -0.05) is 32.4 Å². The third-order valence-electron chi connectivity index (χ3n) is 8.85. The van der Waals surface area contributed by atoms with Crippen molar-refractivity contribution < 1.29 is 57.8 Å². The first-order valence-electron chi connectivity index (χ1n) is 18.7. The maximum absolute atomic E-state index is 13.7. The number of rotatable bonds is 27. The minimum absolute atomic E-state index is 0.00987. The monoisotopic (exact) mass is 848 g/mol. The Hall–Kier alpha value is -6.85. The maximum atomic E-state index is 13.7. The van der Waals surface area contributed by atoms with E-state index in [4.69, 9.17) is 22.9 Å². The molecule has 0 unspecified atom stereocenters. The molecule has 0 spiro atoms. The van der Waals surface area contributed by atoms with Crippen LogP contribution in [0.5, 0.6) is 5.75 Å². The van der Waals surface area contributed by atoms with Gasteiger partial charge in [-0.2, -0.15) is 0 Å². The van der Waals surface area contributed by atoms with E-state index in [9.17, 15) is 57.8 Å². The van der Waals surface area contributed by atoms with E-state index in [1.54, 1.807) is 26.0 Å². The predicted molar refractivity (Wildman–Crippen MR) is 211 cm³/mol. The van der Waals surface area contributed by atoms with E-state index < -0.39 is 140 Å². The van der Waals surface area contributed by atoms with E-state index in [1.165, 1.54) is 26.0 Å². The Kier molecular flexibility index (Phi) is 21.7. The number of carbonyl (C=O) groups is 11. The van der Waals surface area contributed by atoms with Crippen molar-refractivity contribution in [3.8, 4) is 5.75 Å². The lowest BCUT2D eigenvalue weighted by atomic mass is 9.96. The number of nitrogens with two attached hydrogens (primary N) is 4. The van der Waals surface area contributed by atoms with Crippen LogP contribution in [0.4, 0.5) is 0 Å². The molecular weight excluding hydrogens is 792 g/mol. The second-order valence-electron chi connectivity index (χ2n) is 13.9. The molecule has 0 heterocycles. The summed E-state index contributed by atoms with van der Waals surface area (Å²) in [5.74, 6) is -9.82. The minimum Gasteiger partial charge on any atom is -0.508 e. The van der Waals surface area contributed by atoms with Crippen LogP contribution in [0.3, 0.4) is 0 Å². The normalized spacial score (nSPS) is 14.7. The lowest BCUT2D eigenvalue weighted by Gasteiger charge is -2.28. The molecule has 0 aliphatic rings. The number of nitrogens with one attached hydrogen (secondary N) is 8. The summed E-state index contributed by atoms with van der Waals surface area (Å²) in [4.78, 5) is 138. The highest BCUT2D eigenvalue weighted by Crippen LogP contribution is 2.13. The fraction of sp³-hybridized carbons (Fsp3) is 0.528. The van der Waals surface area contributed by atoms with Crippen LogP contribution >= 0.6 is 0 Å². The van der Waals surface area contributed by atoms with Crippen molar-refractivity contribution in [2.45, 2.75) is 102 Å². The summed E-state index contributed by atoms with van der Waals surface area (Å²) in [5.41, 5.74) is 22.4. The van der Waals surface area contributed by atoms with Crippen LogP contribution in [-0.4, -0.2) is 126 Å². The molecule has 0 saturated heterocycles. The lowest BCUT2D eigenvalue weighted by molar-refractivity contribution is -0.136. The van der Waals surface area contributed by atoms with Crippen LogP contribution in [0.2, 0.25) is 0 Å². The van der Waals surface area contributed by atoms with Gasteiger partial charge in [0.2, 0.25) is 65.5 Å². The van der Waals surface area contributed by atoms with Crippen LogP contribution in [-0.2, 0) is 59.2 Å². The number of hydrogen-bond donors (Lipinski definition) is 13. The Balaban J connectivity index is 3.21. The zero-order chi connectivity index (χ0) is 45.7. The number of benzene rings is 1. The average molecular weight is 849 g/mol. The Morgan fingerprint density at radius 2 is 1.18 bits per heavy atom. The Morgan fingerprint density at radius 3 is 1.73 bits per heavy atom. The fourth-order valence-electron chi connectivity index (χ4n) is 5.20. The van der Waals surface area contributed by atoms with Crippen molar-refractivity contribution in [1.82, 2.24) is 42.5 Å². The standard InChI is InChI=1S/C36H56N12O12/c1-5-17(2)29(48-32(56)22(37)12-20-6-8-21(50)9-7-20)36(60)45-23(10-11-26(38)51)33(57)46-24(13-27(39)52)34(58)47-25(14-41-16-49)35(59)44-19(4)31(55)43-18(3)30(54)42-15-28(40)53/h6-9,16-19,22-25,29,50H,5,10-15,37H2,1-4H3,(H2,38,51)(H2,39,52)(H2,40,53)(H,41,49)(H,42,54)(H,43,55)(H,44,59)(H,45,60)(H,46,57)(H,47,58)(H,48,56)/t17-,18-,19-,22-,23-,24-,25-,29-/m0/s1. The third kappa shape index (κ3) is 18.6. The second kappa shape index (κ2) is 25.5. The number of carbonyl (C=O) groups excluding carboxylic acids is 11. The number of phenolic OH excluding ortho intramolecular Hbond substituents is 1. The van der Waals surface area contributed by atoms with Gasteiger partial charge in [-0.15, -0.1) is 0 Å².